The van der Waals surface area contributed by atoms with Crippen LogP contribution in [0.5, 0.6) is 0 Å². The second-order valence-corrected chi connectivity index (χ2v) is 3.81. The van der Waals surface area contributed by atoms with E-state index in [-0.39, 0.29) is 0 Å². The number of aldehydes is 1. The van der Waals surface area contributed by atoms with E-state index in [4.69, 9.17) is 5.11 Å². The molecule has 0 aromatic carbocycles. The summed E-state index contributed by atoms with van der Waals surface area (Å²) >= 11 is 0. The highest BCUT2D eigenvalue weighted by Crippen LogP contribution is 2.24. The Morgan fingerprint density at radius 2 is 1.75 bits per heavy atom. The van der Waals surface area contributed by atoms with Crippen molar-refractivity contribution in [2.24, 2.45) is 11.8 Å². The fourth-order valence-corrected chi connectivity index (χ4v) is 1.25. The van der Waals surface area contributed by atoms with E-state index in [1.165, 1.54) is 25.7 Å². The molecule has 0 aromatic rings. The molecule has 2 fully saturated rings. The van der Waals surface area contributed by atoms with Gasteiger partial charge in [0.2, 0.25) is 0 Å². The van der Waals surface area contributed by atoms with E-state index >= 15 is 0 Å². The monoisotopic (exact) mass is 170 g/mol. The van der Waals surface area contributed by atoms with Gasteiger partial charge in [0.15, 0.2) is 0 Å². The maximum absolute atomic E-state index is 9.79. The summed E-state index contributed by atoms with van der Waals surface area (Å²) in [6.45, 7) is 0.417. The van der Waals surface area contributed by atoms with Crippen molar-refractivity contribution in [3.8, 4) is 0 Å². The molecule has 2 saturated carbocycles. The highest BCUT2D eigenvalue weighted by atomic mass is 16.3. The number of aliphatic hydroxyl groups excluding tert-OH is 1. The predicted molar refractivity (Wildman–Crippen MR) is 47.8 cm³/mol. The zero-order valence-electron chi connectivity index (χ0n) is 7.54. The third kappa shape index (κ3) is 2.94. The second kappa shape index (κ2) is 5.31. The Labute approximate surface area is 74.0 Å². The van der Waals surface area contributed by atoms with Crippen LogP contribution in [0.3, 0.4) is 0 Å². The standard InChI is InChI=1S/C5H10O.C5H8O/c2*6-4-5-2-1-3-5/h5-6H,1-4H2;4-5H,1-3H2. The molecule has 0 bridgehead atoms. The Bertz CT molecular complexity index is 123. The summed E-state index contributed by atoms with van der Waals surface area (Å²) in [7, 11) is 0. The van der Waals surface area contributed by atoms with Gasteiger partial charge in [-0.15, -0.1) is 0 Å². The van der Waals surface area contributed by atoms with Gasteiger partial charge in [-0.25, -0.2) is 0 Å². The van der Waals surface area contributed by atoms with Crippen molar-refractivity contribution in [2.75, 3.05) is 6.61 Å². The molecule has 0 unspecified atom stereocenters. The van der Waals surface area contributed by atoms with Gasteiger partial charge in [0.1, 0.15) is 6.29 Å². The lowest BCUT2D eigenvalue weighted by Crippen LogP contribution is -2.14. The summed E-state index contributed by atoms with van der Waals surface area (Å²) in [6, 6.07) is 0. The Balaban J connectivity index is 0.000000120. The molecule has 0 spiro atoms. The molecule has 2 rings (SSSR count). The first-order valence-electron chi connectivity index (χ1n) is 4.93. The number of hydrogen-bond acceptors (Lipinski definition) is 2. The maximum Gasteiger partial charge on any atom is 0.123 e. The van der Waals surface area contributed by atoms with Gasteiger partial charge >= 0.3 is 0 Å². The van der Waals surface area contributed by atoms with Crippen LogP contribution < -0.4 is 0 Å². The SMILES string of the molecule is O=CC1CCC1.OCC1CCC1. The van der Waals surface area contributed by atoms with E-state index in [0.29, 0.717) is 18.4 Å². The molecule has 0 saturated heterocycles. The maximum atomic E-state index is 9.79. The van der Waals surface area contributed by atoms with Crippen LogP contribution in [-0.2, 0) is 4.79 Å². The van der Waals surface area contributed by atoms with Crippen LogP contribution in [0.15, 0.2) is 0 Å². The van der Waals surface area contributed by atoms with Gasteiger partial charge in [-0.3, -0.25) is 0 Å². The second-order valence-electron chi connectivity index (χ2n) is 3.81. The van der Waals surface area contributed by atoms with Crippen LogP contribution in [0.2, 0.25) is 0 Å². The molecule has 0 radical (unpaired) electrons. The van der Waals surface area contributed by atoms with Crippen LogP contribution in [0.1, 0.15) is 38.5 Å². The summed E-state index contributed by atoms with van der Waals surface area (Å²) < 4.78 is 0. The highest BCUT2D eigenvalue weighted by Gasteiger charge is 2.15. The first kappa shape index (κ1) is 9.72. The lowest BCUT2D eigenvalue weighted by Gasteiger charge is -2.21. The highest BCUT2D eigenvalue weighted by molar-refractivity contribution is 5.54. The average molecular weight is 170 g/mol. The van der Waals surface area contributed by atoms with Crippen molar-refractivity contribution >= 4 is 6.29 Å². The smallest absolute Gasteiger partial charge is 0.123 e. The van der Waals surface area contributed by atoms with Crippen molar-refractivity contribution in [2.45, 2.75) is 38.5 Å². The van der Waals surface area contributed by atoms with Crippen LogP contribution in [0, 0.1) is 11.8 Å². The molecule has 0 aliphatic heterocycles. The van der Waals surface area contributed by atoms with E-state index < -0.39 is 0 Å². The molecule has 0 aromatic heterocycles. The van der Waals surface area contributed by atoms with Gasteiger partial charge < -0.3 is 9.90 Å². The first-order chi connectivity index (χ1) is 5.86. The normalized spacial score (nSPS) is 23.1. The summed E-state index contributed by atoms with van der Waals surface area (Å²) in [5.41, 5.74) is 0. The Kier molecular flexibility index (Phi) is 4.30. The van der Waals surface area contributed by atoms with E-state index in [9.17, 15) is 4.79 Å². The van der Waals surface area contributed by atoms with E-state index in [1.807, 2.05) is 0 Å². The lowest BCUT2D eigenvalue weighted by atomic mass is 9.86. The van der Waals surface area contributed by atoms with E-state index in [2.05, 4.69) is 0 Å². The van der Waals surface area contributed by atoms with Gasteiger partial charge in [0.25, 0.3) is 0 Å². The quantitative estimate of drug-likeness (QED) is 0.641. The van der Waals surface area contributed by atoms with Crippen LogP contribution in [0.4, 0.5) is 0 Å². The zero-order valence-corrected chi connectivity index (χ0v) is 7.54. The van der Waals surface area contributed by atoms with Crippen molar-refractivity contribution in [1.82, 2.24) is 0 Å². The summed E-state index contributed by atoms with van der Waals surface area (Å²) in [6.07, 6.45) is 8.47. The van der Waals surface area contributed by atoms with Crippen molar-refractivity contribution in [1.29, 1.82) is 0 Å². The fourth-order valence-electron chi connectivity index (χ4n) is 1.25. The van der Waals surface area contributed by atoms with Crippen molar-refractivity contribution < 1.29 is 9.90 Å². The Morgan fingerprint density at radius 3 is 1.75 bits per heavy atom. The Morgan fingerprint density at radius 1 is 1.17 bits per heavy atom. The first-order valence-corrected chi connectivity index (χ1v) is 4.93. The molecule has 0 amide bonds. The molecule has 2 aliphatic carbocycles. The third-order valence-corrected chi connectivity index (χ3v) is 2.83. The molecule has 70 valence electrons. The predicted octanol–water partition coefficient (Wildman–Crippen LogP) is 1.76. The molecular formula is C10H18O2. The number of rotatable bonds is 2. The van der Waals surface area contributed by atoms with Gasteiger partial charge in [-0.2, -0.15) is 0 Å². The van der Waals surface area contributed by atoms with Gasteiger partial charge in [0, 0.05) is 12.5 Å². The molecule has 0 heterocycles. The fraction of sp³-hybridized carbons (Fsp3) is 0.900. The van der Waals surface area contributed by atoms with E-state index in [1.54, 1.807) is 0 Å². The molecule has 2 aliphatic rings. The van der Waals surface area contributed by atoms with Gasteiger partial charge in [0.05, 0.1) is 0 Å². The summed E-state index contributed by atoms with van der Waals surface area (Å²) in [5, 5.41) is 8.39. The minimum atomic E-state index is 0.417. The third-order valence-electron chi connectivity index (χ3n) is 2.83. The number of carbonyl (C=O) groups excluding carboxylic acids is 1. The molecule has 1 N–H and O–H groups in total. The Hall–Kier alpha value is -0.370. The van der Waals surface area contributed by atoms with Crippen molar-refractivity contribution in [3.05, 3.63) is 0 Å². The minimum absolute atomic E-state index is 0.417. The topological polar surface area (TPSA) is 37.3 Å². The summed E-state index contributed by atoms with van der Waals surface area (Å²) in [5.74, 6) is 1.11. The number of aliphatic hydroxyl groups is 1. The lowest BCUT2D eigenvalue weighted by molar-refractivity contribution is -0.113. The largest absolute Gasteiger partial charge is 0.396 e. The number of hydrogen-bond donors (Lipinski definition) is 1. The number of carbonyl (C=O) groups is 1. The molecule has 0 atom stereocenters. The molecule has 12 heavy (non-hydrogen) atoms. The van der Waals surface area contributed by atoms with Crippen LogP contribution >= 0.6 is 0 Å². The van der Waals surface area contributed by atoms with E-state index in [0.717, 1.165) is 19.1 Å². The van der Waals surface area contributed by atoms with Gasteiger partial charge in [-0.1, -0.05) is 12.8 Å². The summed E-state index contributed by atoms with van der Waals surface area (Å²) in [4.78, 5) is 9.79. The molecule has 2 nitrogen and oxygen atoms in total. The minimum Gasteiger partial charge on any atom is -0.396 e. The molecule has 2 heteroatoms. The van der Waals surface area contributed by atoms with Gasteiger partial charge in [-0.05, 0) is 31.6 Å². The van der Waals surface area contributed by atoms with Crippen molar-refractivity contribution in [3.63, 3.8) is 0 Å². The zero-order chi connectivity index (χ0) is 8.81. The molecular weight excluding hydrogens is 152 g/mol. The average Bonchev–Trinajstić information content (AvgIpc) is 1.83. The van der Waals surface area contributed by atoms with Crippen LogP contribution in [0.25, 0.3) is 0 Å². The van der Waals surface area contributed by atoms with Crippen LogP contribution in [-0.4, -0.2) is 18.0 Å².